The smallest absolute Gasteiger partial charge is 0.254 e. The van der Waals surface area contributed by atoms with Crippen molar-refractivity contribution in [3.05, 3.63) is 35.6 Å². The minimum atomic E-state index is -1.59. The summed E-state index contributed by atoms with van der Waals surface area (Å²) < 4.78 is 18.9. The first-order valence-corrected chi connectivity index (χ1v) is 26.8. The molecule has 1 saturated carbocycles. The van der Waals surface area contributed by atoms with E-state index in [-0.39, 0.29) is 36.8 Å². The highest BCUT2D eigenvalue weighted by molar-refractivity contribution is 6.00. The van der Waals surface area contributed by atoms with E-state index in [0.717, 1.165) is 45.2 Å². The molecule has 3 atom stereocenters. The third kappa shape index (κ3) is 20.4. The van der Waals surface area contributed by atoms with Crippen LogP contribution in [0.1, 0.15) is 136 Å². The van der Waals surface area contributed by atoms with E-state index >= 15 is 0 Å². The number of carbonyl (C=O) groups excluding carboxylic acids is 10. The summed E-state index contributed by atoms with van der Waals surface area (Å²) in [5.41, 5.74) is -4.36. The number of hydrogen-bond acceptors (Lipinski definition) is 12. The maximum absolute atomic E-state index is 13.7. The lowest BCUT2D eigenvalue weighted by molar-refractivity contribution is -0.138. The predicted octanol–water partition coefficient (Wildman–Crippen LogP) is 0.678. The van der Waals surface area contributed by atoms with Crippen LogP contribution in [-0.2, 0) is 47.9 Å². The fourth-order valence-electron chi connectivity index (χ4n) is 9.25. The van der Waals surface area contributed by atoms with E-state index in [1.807, 2.05) is 13.8 Å². The van der Waals surface area contributed by atoms with Crippen molar-refractivity contribution in [1.82, 2.24) is 57.7 Å². The molecule has 10 amide bonds. The van der Waals surface area contributed by atoms with Gasteiger partial charge in [0.15, 0.2) is 0 Å². The number of rotatable bonds is 27. The minimum Gasteiger partial charge on any atom is -0.379 e. The van der Waals surface area contributed by atoms with Gasteiger partial charge >= 0.3 is 0 Å². The van der Waals surface area contributed by atoms with Gasteiger partial charge in [-0.3, -0.25) is 52.8 Å². The second-order valence-electron chi connectivity index (χ2n) is 22.1. The number of ether oxygens (including phenoxy) is 1. The van der Waals surface area contributed by atoms with E-state index in [1.165, 1.54) is 70.7 Å². The Morgan fingerprint density at radius 1 is 0.632 bits per heavy atom. The average Bonchev–Trinajstić information content (AvgIpc) is 3.86. The van der Waals surface area contributed by atoms with Crippen LogP contribution in [0, 0.1) is 17.7 Å². The number of nitrogens with one attached hydrogen (secondary N) is 9. The summed E-state index contributed by atoms with van der Waals surface area (Å²) in [7, 11) is 0. The van der Waals surface area contributed by atoms with Crippen LogP contribution < -0.4 is 47.9 Å². The Labute approximate surface area is 446 Å². The Kier molecular flexibility index (Phi) is 24.0. The van der Waals surface area contributed by atoms with Crippen LogP contribution in [0.3, 0.4) is 0 Å². The highest BCUT2D eigenvalue weighted by Crippen LogP contribution is 2.28. The molecule has 0 radical (unpaired) electrons. The maximum atomic E-state index is 13.7. The third-order valence-corrected chi connectivity index (χ3v) is 13.8. The molecule has 76 heavy (non-hydrogen) atoms. The van der Waals surface area contributed by atoms with E-state index in [4.69, 9.17) is 4.74 Å². The molecule has 23 heteroatoms. The van der Waals surface area contributed by atoms with Crippen LogP contribution >= 0.6 is 0 Å². The van der Waals surface area contributed by atoms with Gasteiger partial charge in [0.2, 0.25) is 53.2 Å². The first-order chi connectivity index (χ1) is 35.8. The van der Waals surface area contributed by atoms with Gasteiger partial charge in [0.1, 0.15) is 40.6 Å². The van der Waals surface area contributed by atoms with Crippen LogP contribution in [0.4, 0.5) is 4.39 Å². The lowest BCUT2D eigenvalue weighted by Crippen LogP contribution is -2.64. The number of carbonyl (C=O) groups is 10. The van der Waals surface area contributed by atoms with E-state index in [0.29, 0.717) is 64.4 Å². The quantitative estimate of drug-likeness (QED) is 0.0588. The third-order valence-electron chi connectivity index (χ3n) is 13.8. The standard InChI is InChI=1S/C53H84FN11O11/c1-34(2)31-39(45(70)62-53(7,8)50(75)63-52(5,6)48(73)56-23-22-41(66)55-24-26-64-27-29-76-30-28-64)59-42(67)32-58-49(74)51(3,4)61-43(68)33-57-44(69)38(21-16-35-13-10-9-11-14-35)60-46(71)40-15-12-25-65(40)47(72)36-17-19-37(54)20-18-36/h17-20,34-35,38-40H,9-16,21-33H2,1-8H3,(H,55,66)(H,56,73)(H,57,69)(H,58,74)(H,59,67)(H,60,71)(H,61,68)(H,62,70)(H,63,75)/t38-,39-,40-/m0/s1. The Hall–Kier alpha value is -6.23. The second kappa shape index (κ2) is 29.3. The van der Waals surface area contributed by atoms with Crippen molar-refractivity contribution < 1.29 is 57.1 Å². The van der Waals surface area contributed by atoms with Crippen molar-refractivity contribution in [2.75, 3.05) is 65.6 Å². The molecule has 2 heterocycles. The summed E-state index contributed by atoms with van der Waals surface area (Å²) in [5.74, 6) is -6.19. The zero-order valence-electron chi connectivity index (χ0n) is 45.8. The summed E-state index contributed by atoms with van der Waals surface area (Å²) in [6, 6.07) is 2.05. The summed E-state index contributed by atoms with van der Waals surface area (Å²) in [5, 5.41) is 23.8. The van der Waals surface area contributed by atoms with E-state index in [1.54, 1.807) is 0 Å². The fraction of sp³-hybridized carbons (Fsp3) is 0.698. The number of amides is 10. The van der Waals surface area contributed by atoms with Crippen molar-refractivity contribution in [1.29, 1.82) is 0 Å². The average molecular weight is 1070 g/mol. The van der Waals surface area contributed by atoms with Gasteiger partial charge in [0, 0.05) is 51.3 Å². The van der Waals surface area contributed by atoms with Gasteiger partial charge < -0.3 is 57.5 Å². The Morgan fingerprint density at radius 3 is 1.91 bits per heavy atom. The number of hydrogen-bond donors (Lipinski definition) is 9. The second-order valence-corrected chi connectivity index (χ2v) is 22.1. The predicted molar refractivity (Wildman–Crippen MR) is 280 cm³/mol. The molecule has 3 fully saturated rings. The number of benzene rings is 1. The maximum Gasteiger partial charge on any atom is 0.254 e. The Morgan fingerprint density at radius 2 is 1.25 bits per heavy atom. The van der Waals surface area contributed by atoms with Crippen molar-refractivity contribution in [3.63, 3.8) is 0 Å². The molecular formula is C53H84FN11O11. The van der Waals surface area contributed by atoms with Gasteiger partial charge in [-0.25, -0.2) is 4.39 Å². The topological polar surface area (TPSA) is 295 Å². The molecule has 2 saturated heterocycles. The molecule has 0 unspecified atom stereocenters. The SMILES string of the molecule is CC(C)C[C@H](NC(=O)CNC(=O)C(C)(C)NC(=O)CNC(=O)[C@H](CCC1CCCCC1)NC(=O)[C@@H]1CCCN1C(=O)c1ccc(F)cc1)C(=O)NC(C)(C)C(=O)NC(C)(C)C(=O)NCCC(=O)NCCN1CCOCC1. The van der Waals surface area contributed by atoms with Crippen molar-refractivity contribution in [2.45, 2.75) is 161 Å². The van der Waals surface area contributed by atoms with Crippen molar-refractivity contribution in [3.8, 4) is 0 Å². The molecule has 22 nitrogen and oxygen atoms in total. The molecular weight excluding hydrogens is 986 g/mol. The summed E-state index contributed by atoms with van der Waals surface area (Å²) in [6.45, 7) is 15.6. The van der Waals surface area contributed by atoms with Gasteiger partial charge in [-0.05, 0) is 110 Å². The van der Waals surface area contributed by atoms with Crippen molar-refractivity contribution >= 4 is 59.1 Å². The molecule has 3 aliphatic rings. The molecule has 0 bridgehead atoms. The van der Waals surface area contributed by atoms with Gasteiger partial charge in [-0.15, -0.1) is 0 Å². The van der Waals surface area contributed by atoms with Gasteiger partial charge in [0.25, 0.3) is 5.91 Å². The highest BCUT2D eigenvalue weighted by Gasteiger charge is 2.40. The summed E-state index contributed by atoms with van der Waals surface area (Å²) in [4.78, 5) is 137. The van der Waals surface area contributed by atoms with Crippen LogP contribution in [0.2, 0.25) is 0 Å². The number of morpholine rings is 1. The lowest BCUT2D eigenvalue weighted by atomic mass is 9.85. The number of likely N-dealkylation sites (tertiary alicyclic amines) is 1. The van der Waals surface area contributed by atoms with E-state index in [9.17, 15) is 52.3 Å². The summed E-state index contributed by atoms with van der Waals surface area (Å²) in [6.07, 6.45) is 7.38. The van der Waals surface area contributed by atoms with E-state index < -0.39 is 107 Å². The first kappa shape index (κ1) is 62.3. The number of nitrogens with zero attached hydrogens (tertiary/aromatic N) is 2. The molecule has 424 valence electrons. The molecule has 4 rings (SSSR count). The molecule has 0 aromatic heterocycles. The highest BCUT2D eigenvalue weighted by atomic mass is 19.1. The van der Waals surface area contributed by atoms with Crippen molar-refractivity contribution in [2.24, 2.45) is 11.8 Å². The molecule has 2 aliphatic heterocycles. The Bertz CT molecular complexity index is 2190. The summed E-state index contributed by atoms with van der Waals surface area (Å²) >= 11 is 0. The zero-order valence-corrected chi connectivity index (χ0v) is 45.8. The minimum absolute atomic E-state index is 0.0326. The fourth-order valence-corrected chi connectivity index (χ4v) is 9.25. The monoisotopic (exact) mass is 1070 g/mol. The Balaban J connectivity index is 1.24. The van der Waals surface area contributed by atoms with Gasteiger partial charge in [0.05, 0.1) is 26.3 Å². The lowest BCUT2D eigenvalue weighted by Gasteiger charge is -2.33. The molecule has 1 aromatic carbocycles. The van der Waals surface area contributed by atoms with Crippen LogP contribution in [-0.4, -0.2) is 169 Å². The largest absolute Gasteiger partial charge is 0.379 e. The van der Waals surface area contributed by atoms with Crippen LogP contribution in [0.25, 0.3) is 0 Å². The van der Waals surface area contributed by atoms with Gasteiger partial charge in [-0.1, -0.05) is 46.0 Å². The van der Waals surface area contributed by atoms with Gasteiger partial charge in [-0.2, -0.15) is 0 Å². The zero-order chi connectivity index (χ0) is 56.2. The molecule has 1 aromatic rings. The first-order valence-electron chi connectivity index (χ1n) is 26.8. The van der Waals surface area contributed by atoms with Crippen LogP contribution in [0.5, 0.6) is 0 Å². The van der Waals surface area contributed by atoms with Crippen LogP contribution in [0.15, 0.2) is 24.3 Å². The molecule has 9 N–H and O–H groups in total. The number of halogens is 1. The molecule has 0 spiro atoms. The van der Waals surface area contributed by atoms with E-state index in [2.05, 4.69) is 52.8 Å². The normalized spacial score (nSPS) is 17.3. The molecule has 1 aliphatic carbocycles.